The van der Waals surface area contributed by atoms with Crippen LogP contribution in [-0.2, 0) is 16.4 Å². The maximum Gasteiger partial charge on any atom is 0.255 e. The van der Waals surface area contributed by atoms with Gasteiger partial charge in [-0.05, 0) is 57.6 Å². The predicted molar refractivity (Wildman–Crippen MR) is 106 cm³/mol. The van der Waals surface area contributed by atoms with E-state index in [1.54, 1.807) is 6.07 Å². The van der Waals surface area contributed by atoms with Gasteiger partial charge >= 0.3 is 0 Å². The molecule has 0 saturated carbocycles. The summed E-state index contributed by atoms with van der Waals surface area (Å²) >= 11 is 0. The first kappa shape index (κ1) is 21.9. The molecule has 0 bridgehead atoms. The summed E-state index contributed by atoms with van der Waals surface area (Å²) in [4.78, 5) is 15.3. The molecule has 7 nitrogen and oxygen atoms in total. The van der Waals surface area contributed by atoms with E-state index in [4.69, 9.17) is 4.74 Å². The van der Waals surface area contributed by atoms with E-state index in [-0.39, 0.29) is 29.3 Å². The monoisotopic (exact) mass is 417 g/mol. The van der Waals surface area contributed by atoms with Gasteiger partial charge in [0.25, 0.3) is 5.91 Å². The van der Waals surface area contributed by atoms with E-state index in [0.717, 1.165) is 31.5 Å². The van der Waals surface area contributed by atoms with Crippen molar-refractivity contribution in [2.24, 2.45) is 0 Å². The highest BCUT2D eigenvalue weighted by Gasteiger charge is 2.30. The third-order valence-electron chi connectivity index (χ3n) is 5.19. The first-order chi connectivity index (χ1) is 12.4. The number of likely N-dealkylation sites (N-methyl/N-ethyl adjacent to an activating group) is 1. The predicted octanol–water partition coefficient (Wildman–Crippen LogP) is 1.55. The highest BCUT2D eigenvalue weighted by atomic mass is 35.5. The van der Waals surface area contributed by atoms with Gasteiger partial charge in [-0.2, -0.15) is 0 Å². The fourth-order valence-electron chi connectivity index (χ4n) is 3.79. The number of fused-ring (bicyclic) bond motifs is 1. The van der Waals surface area contributed by atoms with Crippen LogP contribution in [0.15, 0.2) is 17.0 Å². The van der Waals surface area contributed by atoms with Crippen molar-refractivity contribution in [3.05, 3.63) is 23.3 Å². The second-order valence-electron chi connectivity index (χ2n) is 6.93. The Morgan fingerprint density at radius 1 is 1.37 bits per heavy atom. The van der Waals surface area contributed by atoms with Crippen LogP contribution in [0.3, 0.4) is 0 Å². The number of benzene rings is 1. The van der Waals surface area contributed by atoms with Crippen LogP contribution in [0.5, 0.6) is 5.75 Å². The van der Waals surface area contributed by atoms with Gasteiger partial charge in [-0.3, -0.25) is 9.69 Å². The summed E-state index contributed by atoms with van der Waals surface area (Å²) in [6.07, 6.45) is 2.72. The Balaban J connectivity index is 0.00000261. The minimum absolute atomic E-state index is 0. The first-order valence-electron chi connectivity index (χ1n) is 9.15. The van der Waals surface area contributed by atoms with E-state index in [2.05, 4.69) is 21.9 Å². The second-order valence-corrected chi connectivity index (χ2v) is 8.82. The molecule has 2 unspecified atom stereocenters. The average Bonchev–Trinajstić information content (AvgIpc) is 3.23. The van der Waals surface area contributed by atoms with E-state index < -0.39 is 10.0 Å². The van der Waals surface area contributed by atoms with Crippen LogP contribution in [0.4, 0.5) is 0 Å². The van der Waals surface area contributed by atoms with Crippen LogP contribution in [0.2, 0.25) is 0 Å². The molecule has 2 atom stereocenters. The Kier molecular flexibility index (Phi) is 7.13. The zero-order valence-corrected chi connectivity index (χ0v) is 17.6. The number of ether oxygens (including phenoxy) is 1. The van der Waals surface area contributed by atoms with Crippen molar-refractivity contribution in [3.63, 3.8) is 0 Å². The molecule has 1 aromatic rings. The molecule has 27 heavy (non-hydrogen) atoms. The van der Waals surface area contributed by atoms with Gasteiger partial charge in [0, 0.05) is 19.0 Å². The maximum absolute atomic E-state index is 12.8. The molecule has 2 N–H and O–H groups in total. The standard InChI is InChI=1S/C18H27N3O4S.ClH/c1-4-21-7-5-6-14(21)11-20-18(22)16-10-15(26(23,24)19-3)9-13-8-12(2)25-17(13)16;/h9-10,12,14,19H,4-8,11H2,1-3H3,(H,20,22);1H. The Labute approximate surface area is 167 Å². The van der Waals surface area contributed by atoms with Crippen LogP contribution in [0.1, 0.15) is 42.6 Å². The molecule has 152 valence electrons. The number of sulfonamides is 1. The topological polar surface area (TPSA) is 87.7 Å². The van der Waals surface area contributed by atoms with Gasteiger partial charge in [0.1, 0.15) is 11.9 Å². The lowest BCUT2D eigenvalue weighted by Gasteiger charge is -2.23. The van der Waals surface area contributed by atoms with Gasteiger partial charge < -0.3 is 10.1 Å². The number of hydrogen-bond donors (Lipinski definition) is 2. The fraction of sp³-hybridized carbons (Fsp3) is 0.611. The summed E-state index contributed by atoms with van der Waals surface area (Å²) in [5.74, 6) is 0.218. The largest absolute Gasteiger partial charge is 0.489 e. The van der Waals surface area contributed by atoms with Gasteiger partial charge in [-0.1, -0.05) is 6.92 Å². The molecule has 3 rings (SSSR count). The number of hydrogen-bond acceptors (Lipinski definition) is 5. The molecule has 0 spiro atoms. The van der Waals surface area contributed by atoms with Crippen molar-refractivity contribution in [2.75, 3.05) is 26.7 Å². The molecular formula is C18H28ClN3O4S. The number of halogens is 1. The van der Waals surface area contributed by atoms with Crippen molar-refractivity contribution in [1.29, 1.82) is 0 Å². The van der Waals surface area contributed by atoms with Gasteiger partial charge in [0.15, 0.2) is 0 Å². The molecule has 0 aromatic heterocycles. The normalized spacial score (nSPS) is 22.0. The number of nitrogens with zero attached hydrogens (tertiary/aromatic N) is 1. The molecule has 1 fully saturated rings. The number of amides is 1. The Hall–Kier alpha value is -1.35. The first-order valence-corrected chi connectivity index (χ1v) is 10.6. The second kappa shape index (κ2) is 8.77. The summed E-state index contributed by atoms with van der Waals surface area (Å²) in [6.45, 7) is 6.61. The van der Waals surface area contributed by atoms with E-state index >= 15 is 0 Å². The average molecular weight is 418 g/mol. The summed E-state index contributed by atoms with van der Waals surface area (Å²) in [7, 11) is -2.27. The van der Waals surface area contributed by atoms with Crippen LogP contribution in [0.25, 0.3) is 0 Å². The summed E-state index contributed by atoms with van der Waals surface area (Å²) in [6, 6.07) is 3.34. The molecule has 1 saturated heterocycles. The highest BCUT2D eigenvalue weighted by Crippen LogP contribution is 2.35. The Bertz CT molecular complexity index is 800. The lowest BCUT2D eigenvalue weighted by molar-refractivity contribution is 0.0936. The van der Waals surface area contributed by atoms with Crippen LogP contribution >= 0.6 is 12.4 Å². The Morgan fingerprint density at radius 2 is 2.11 bits per heavy atom. The number of nitrogens with one attached hydrogen (secondary N) is 2. The van der Waals surface area contributed by atoms with Crippen molar-refractivity contribution in [2.45, 2.75) is 50.2 Å². The molecule has 2 heterocycles. The Morgan fingerprint density at radius 3 is 2.78 bits per heavy atom. The number of rotatable bonds is 6. The minimum atomic E-state index is -3.63. The van der Waals surface area contributed by atoms with Crippen molar-refractivity contribution in [3.8, 4) is 5.75 Å². The molecule has 2 aliphatic rings. The molecule has 2 aliphatic heterocycles. The third-order valence-corrected chi connectivity index (χ3v) is 6.59. The van der Waals surface area contributed by atoms with Gasteiger partial charge in [-0.25, -0.2) is 13.1 Å². The van der Waals surface area contributed by atoms with E-state index in [0.29, 0.717) is 30.3 Å². The van der Waals surface area contributed by atoms with E-state index in [9.17, 15) is 13.2 Å². The van der Waals surface area contributed by atoms with Crippen LogP contribution < -0.4 is 14.8 Å². The van der Waals surface area contributed by atoms with Crippen molar-refractivity contribution >= 4 is 28.3 Å². The molecule has 1 amide bonds. The fourth-order valence-corrected chi connectivity index (χ4v) is 4.60. The summed E-state index contributed by atoms with van der Waals surface area (Å²) in [5.41, 5.74) is 1.05. The number of likely N-dealkylation sites (tertiary alicyclic amines) is 1. The summed E-state index contributed by atoms with van der Waals surface area (Å²) in [5, 5.41) is 2.97. The molecular weight excluding hydrogens is 390 g/mol. The van der Waals surface area contributed by atoms with E-state index in [1.807, 2.05) is 6.92 Å². The van der Waals surface area contributed by atoms with E-state index in [1.165, 1.54) is 13.1 Å². The van der Waals surface area contributed by atoms with Crippen LogP contribution in [0, 0.1) is 0 Å². The highest BCUT2D eigenvalue weighted by molar-refractivity contribution is 7.89. The minimum Gasteiger partial charge on any atom is -0.489 e. The number of carbonyl (C=O) groups excluding carboxylic acids is 1. The maximum atomic E-state index is 12.8. The zero-order chi connectivity index (χ0) is 18.9. The van der Waals surface area contributed by atoms with Gasteiger partial charge in [0.2, 0.25) is 10.0 Å². The lowest BCUT2D eigenvalue weighted by atomic mass is 10.1. The van der Waals surface area contributed by atoms with Gasteiger partial charge in [-0.15, -0.1) is 12.4 Å². The molecule has 0 aliphatic carbocycles. The summed E-state index contributed by atoms with van der Waals surface area (Å²) < 4.78 is 32.5. The van der Waals surface area contributed by atoms with Crippen LogP contribution in [-0.4, -0.2) is 58.1 Å². The smallest absolute Gasteiger partial charge is 0.255 e. The third kappa shape index (κ3) is 4.56. The van der Waals surface area contributed by atoms with Crippen molar-refractivity contribution < 1.29 is 17.9 Å². The quantitative estimate of drug-likeness (QED) is 0.733. The lowest BCUT2D eigenvalue weighted by Crippen LogP contribution is -2.40. The molecule has 9 heteroatoms. The number of carbonyl (C=O) groups is 1. The SMILES string of the molecule is CCN1CCCC1CNC(=O)c1cc(S(=O)(=O)NC)cc2c1OC(C)C2.Cl. The molecule has 0 radical (unpaired) electrons. The molecule has 1 aromatic carbocycles. The van der Waals surface area contributed by atoms with Gasteiger partial charge in [0.05, 0.1) is 10.5 Å². The zero-order valence-electron chi connectivity index (χ0n) is 15.9. The van der Waals surface area contributed by atoms with Crippen molar-refractivity contribution in [1.82, 2.24) is 14.9 Å².